The van der Waals surface area contributed by atoms with Crippen LogP contribution >= 0.6 is 15.9 Å². The summed E-state index contributed by atoms with van der Waals surface area (Å²) in [5.41, 5.74) is 5.21. The molecule has 1 unspecified atom stereocenters. The van der Waals surface area contributed by atoms with E-state index in [4.69, 9.17) is 5.73 Å². The summed E-state index contributed by atoms with van der Waals surface area (Å²) < 4.78 is 52.0. The van der Waals surface area contributed by atoms with Crippen LogP contribution in [-0.2, 0) is 6.18 Å². The molecule has 0 aliphatic heterocycles. The van der Waals surface area contributed by atoms with Crippen molar-refractivity contribution in [3.05, 3.63) is 63.6 Å². The lowest BCUT2D eigenvalue weighted by atomic mass is 9.97. The monoisotopic (exact) mass is 348 g/mol. The summed E-state index contributed by atoms with van der Waals surface area (Å²) in [5, 5.41) is 0. The molecule has 0 fully saturated rings. The molecule has 1 heterocycles. The molecule has 0 amide bonds. The molecule has 1 atom stereocenters. The van der Waals surface area contributed by atoms with Gasteiger partial charge in [-0.1, -0.05) is 6.07 Å². The fourth-order valence-electron chi connectivity index (χ4n) is 1.80. The molecule has 1 aromatic heterocycles. The van der Waals surface area contributed by atoms with E-state index in [1.165, 1.54) is 12.1 Å². The van der Waals surface area contributed by atoms with Gasteiger partial charge in [0.15, 0.2) is 0 Å². The van der Waals surface area contributed by atoms with Crippen molar-refractivity contribution in [2.24, 2.45) is 5.73 Å². The zero-order valence-corrected chi connectivity index (χ0v) is 11.5. The van der Waals surface area contributed by atoms with Gasteiger partial charge in [0.2, 0.25) is 0 Å². The Kier molecular flexibility index (Phi) is 4.10. The first-order chi connectivity index (χ1) is 9.30. The highest BCUT2D eigenvalue weighted by Crippen LogP contribution is 2.35. The third kappa shape index (κ3) is 2.99. The number of rotatable bonds is 2. The number of aromatic nitrogens is 1. The molecule has 2 N–H and O–H groups in total. The minimum Gasteiger partial charge on any atom is -0.320 e. The highest BCUT2D eigenvalue weighted by molar-refractivity contribution is 9.10. The normalized spacial score (nSPS) is 13.3. The first kappa shape index (κ1) is 14.9. The first-order valence-electron chi connectivity index (χ1n) is 5.52. The summed E-state index contributed by atoms with van der Waals surface area (Å²) in [6, 6.07) is 3.67. The third-order valence-corrected chi connectivity index (χ3v) is 3.40. The SMILES string of the molecule is NC(c1ccc(F)c(Br)c1)c1cnccc1C(F)(F)F. The van der Waals surface area contributed by atoms with E-state index in [9.17, 15) is 17.6 Å². The summed E-state index contributed by atoms with van der Waals surface area (Å²) in [6.07, 6.45) is -2.39. The second-order valence-corrected chi connectivity index (χ2v) is 4.97. The number of benzene rings is 1. The van der Waals surface area contributed by atoms with Crippen LogP contribution in [-0.4, -0.2) is 4.98 Å². The quantitative estimate of drug-likeness (QED) is 0.831. The van der Waals surface area contributed by atoms with Crippen molar-refractivity contribution in [2.75, 3.05) is 0 Å². The van der Waals surface area contributed by atoms with E-state index >= 15 is 0 Å². The van der Waals surface area contributed by atoms with Gasteiger partial charge in [0.1, 0.15) is 5.82 Å². The number of nitrogens with two attached hydrogens (primary N) is 1. The standard InChI is InChI=1S/C13H9BrF4N2/c14-10-5-7(1-2-11(10)15)12(19)8-6-20-4-3-9(8)13(16,17)18/h1-6,12H,19H2. The summed E-state index contributed by atoms with van der Waals surface area (Å²) >= 11 is 2.98. The number of hydrogen-bond donors (Lipinski definition) is 1. The molecule has 7 heteroatoms. The molecule has 2 rings (SSSR count). The highest BCUT2D eigenvalue weighted by Gasteiger charge is 2.34. The minimum atomic E-state index is -4.52. The molecule has 0 saturated heterocycles. The molecule has 0 saturated carbocycles. The van der Waals surface area contributed by atoms with Gasteiger partial charge in [-0.05, 0) is 39.7 Å². The van der Waals surface area contributed by atoms with Crippen LogP contribution in [0.3, 0.4) is 0 Å². The van der Waals surface area contributed by atoms with Crippen molar-refractivity contribution < 1.29 is 17.6 Å². The summed E-state index contributed by atoms with van der Waals surface area (Å²) in [4.78, 5) is 3.68. The van der Waals surface area contributed by atoms with E-state index in [2.05, 4.69) is 20.9 Å². The predicted octanol–water partition coefficient (Wildman–Crippen LogP) is 4.05. The van der Waals surface area contributed by atoms with Crippen LogP contribution in [0, 0.1) is 5.82 Å². The van der Waals surface area contributed by atoms with E-state index < -0.39 is 23.6 Å². The van der Waals surface area contributed by atoms with Crippen LogP contribution in [0.4, 0.5) is 17.6 Å². The molecule has 0 spiro atoms. The maximum atomic E-state index is 13.2. The molecule has 0 bridgehead atoms. The maximum Gasteiger partial charge on any atom is 0.416 e. The van der Waals surface area contributed by atoms with Crippen LogP contribution in [0.1, 0.15) is 22.7 Å². The van der Waals surface area contributed by atoms with Crippen LogP contribution in [0.2, 0.25) is 0 Å². The fourth-order valence-corrected chi connectivity index (χ4v) is 2.19. The van der Waals surface area contributed by atoms with Crippen molar-refractivity contribution in [1.29, 1.82) is 0 Å². The number of hydrogen-bond acceptors (Lipinski definition) is 2. The van der Waals surface area contributed by atoms with Crippen LogP contribution in [0.5, 0.6) is 0 Å². The Morgan fingerprint density at radius 1 is 1.20 bits per heavy atom. The molecule has 20 heavy (non-hydrogen) atoms. The molecule has 0 radical (unpaired) electrons. The zero-order chi connectivity index (χ0) is 14.9. The van der Waals surface area contributed by atoms with Crippen molar-refractivity contribution >= 4 is 15.9 Å². The van der Waals surface area contributed by atoms with Crippen molar-refractivity contribution in [3.63, 3.8) is 0 Å². The minimum absolute atomic E-state index is 0.142. The molecular formula is C13H9BrF4N2. The summed E-state index contributed by atoms with van der Waals surface area (Å²) in [5.74, 6) is -0.511. The Morgan fingerprint density at radius 3 is 2.50 bits per heavy atom. The van der Waals surface area contributed by atoms with Crippen molar-refractivity contribution in [3.8, 4) is 0 Å². The number of pyridine rings is 1. The predicted molar refractivity (Wildman–Crippen MR) is 69.4 cm³/mol. The molecule has 2 nitrogen and oxygen atoms in total. The molecule has 2 aromatic rings. The highest BCUT2D eigenvalue weighted by atomic mass is 79.9. The van der Waals surface area contributed by atoms with Crippen LogP contribution in [0.15, 0.2) is 41.1 Å². The molecular weight excluding hydrogens is 340 g/mol. The molecule has 106 valence electrons. The largest absolute Gasteiger partial charge is 0.416 e. The van der Waals surface area contributed by atoms with Gasteiger partial charge < -0.3 is 5.73 Å². The number of alkyl halides is 3. The Labute approximate surface area is 120 Å². The average Bonchev–Trinajstić information content (AvgIpc) is 2.40. The lowest BCUT2D eigenvalue weighted by Gasteiger charge is -2.18. The van der Waals surface area contributed by atoms with Crippen LogP contribution < -0.4 is 5.73 Å². The van der Waals surface area contributed by atoms with E-state index in [0.29, 0.717) is 5.56 Å². The molecule has 1 aromatic carbocycles. The van der Waals surface area contributed by atoms with Gasteiger partial charge in [-0.2, -0.15) is 13.2 Å². The Bertz CT molecular complexity index is 628. The van der Waals surface area contributed by atoms with Gasteiger partial charge in [0, 0.05) is 18.0 Å². The Morgan fingerprint density at radius 2 is 1.90 bits per heavy atom. The van der Waals surface area contributed by atoms with E-state index in [0.717, 1.165) is 24.5 Å². The van der Waals surface area contributed by atoms with Crippen molar-refractivity contribution in [2.45, 2.75) is 12.2 Å². The zero-order valence-electron chi connectivity index (χ0n) is 9.96. The van der Waals surface area contributed by atoms with Crippen LogP contribution in [0.25, 0.3) is 0 Å². The fraction of sp³-hybridized carbons (Fsp3) is 0.154. The van der Waals surface area contributed by atoms with Crippen molar-refractivity contribution in [1.82, 2.24) is 4.98 Å². The van der Waals surface area contributed by atoms with Gasteiger partial charge in [0.05, 0.1) is 16.1 Å². The number of nitrogens with zero attached hydrogens (tertiary/aromatic N) is 1. The smallest absolute Gasteiger partial charge is 0.320 e. The second kappa shape index (κ2) is 5.49. The lowest BCUT2D eigenvalue weighted by molar-refractivity contribution is -0.138. The second-order valence-electron chi connectivity index (χ2n) is 4.11. The summed E-state index contributed by atoms with van der Waals surface area (Å²) in [7, 11) is 0. The molecule has 0 aliphatic carbocycles. The maximum absolute atomic E-state index is 13.2. The van der Waals surface area contributed by atoms with Gasteiger partial charge in [-0.15, -0.1) is 0 Å². The van der Waals surface area contributed by atoms with Gasteiger partial charge in [-0.3, -0.25) is 4.98 Å². The average molecular weight is 349 g/mol. The summed E-state index contributed by atoms with van der Waals surface area (Å²) in [6.45, 7) is 0. The number of halogens is 5. The lowest BCUT2D eigenvalue weighted by Crippen LogP contribution is -2.19. The third-order valence-electron chi connectivity index (χ3n) is 2.80. The first-order valence-corrected chi connectivity index (χ1v) is 6.31. The van der Waals surface area contributed by atoms with E-state index in [1.54, 1.807) is 0 Å². The van der Waals surface area contributed by atoms with E-state index in [1.807, 2.05) is 0 Å². The Hall–Kier alpha value is -1.47. The Balaban J connectivity index is 2.48. The molecule has 0 aliphatic rings. The van der Waals surface area contributed by atoms with E-state index in [-0.39, 0.29) is 10.0 Å². The van der Waals surface area contributed by atoms with Gasteiger partial charge >= 0.3 is 6.18 Å². The van der Waals surface area contributed by atoms with Gasteiger partial charge in [-0.25, -0.2) is 4.39 Å². The topological polar surface area (TPSA) is 38.9 Å². The van der Waals surface area contributed by atoms with Gasteiger partial charge in [0.25, 0.3) is 0 Å².